The number of halogens is 2. The topological polar surface area (TPSA) is 63.7 Å². The van der Waals surface area contributed by atoms with Crippen LogP contribution in [0.3, 0.4) is 0 Å². The normalized spacial score (nSPS) is 28.4. The van der Waals surface area contributed by atoms with Gasteiger partial charge in [0.1, 0.15) is 13.2 Å². The molecule has 2 atom stereocenters. The molecule has 7 heteroatoms. The molecule has 0 radical (unpaired) electrons. The van der Waals surface area contributed by atoms with E-state index in [0.717, 1.165) is 32.7 Å². The largest absolute Gasteiger partial charge is 0.459 e. The fourth-order valence-electron chi connectivity index (χ4n) is 5.79. The van der Waals surface area contributed by atoms with Gasteiger partial charge in [0.25, 0.3) is 0 Å². The molecular formula is C27H19Br2NO4. The van der Waals surface area contributed by atoms with E-state index >= 15 is 0 Å². The minimum Gasteiger partial charge on any atom is -0.459 e. The number of amides is 2. The van der Waals surface area contributed by atoms with E-state index in [-0.39, 0.29) is 18.4 Å². The van der Waals surface area contributed by atoms with Gasteiger partial charge >= 0.3 is 5.97 Å². The number of nitrogens with zero attached hydrogens (tertiary/aromatic N) is 1. The van der Waals surface area contributed by atoms with Gasteiger partial charge in [-0.2, -0.15) is 0 Å². The van der Waals surface area contributed by atoms with Crippen LogP contribution < -0.4 is 0 Å². The molecule has 1 heterocycles. The average Bonchev–Trinajstić information content (AvgIpc) is 3.12. The lowest BCUT2D eigenvalue weighted by molar-refractivity contribution is -0.153. The van der Waals surface area contributed by atoms with E-state index in [2.05, 4.69) is 31.9 Å². The van der Waals surface area contributed by atoms with E-state index in [1.807, 2.05) is 78.9 Å². The summed E-state index contributed by atoms with van der Waals surface area (Å²) in [5.41, 5.74) is 4.68. The molecule has 0 spiro atoms. The first-order valence-electron chi connectivity index (χ1n) is 11.0. The summed E-state index contributed by atoms with van der Waals surface area (Å²) in [5, 5.41) is 0. The first kappa shape index (κ1) is 21.7. The van der Waals surface area contributed by atoms with Gasteiger partial charge in [0.05, 0.1) is 20.5 Å². The Morgan fingerprint density at radius 1 is 0.735 bits per heavy atom. The minimum absolute atomic E-state index is 0.0877. The van der Waals surface area contributed by atoms with Crippen LogP contribution in [0, 0.1) is 11.8 Å². The van der Waals surface area contributed by atoms with Crippen molar-refractivity contribution in [2.24, 2.45) is 11.8 Å². The summed E-state index contributed by atoms with van der Waals surface area (Å²) in [4.78, 5) is 41.3. The zero-order chi connectivity index (χ0) is 23.7. The Bertz CT molecular complexity index is 1230. The lowest BCUT2D eigenvalue weighted by atomic mass is 9.54. The number of carbonyl (C=O) groups is 3. The monoisotopic (exact) mass is 579 g/mol. The molecule has 2 bridgehead atoms. The third-order valence-corrected chi connectivity index (χ3v) is 9.90. The highest BCUT2D eigenvalue weighted by molar-refractivity contribution is 9.10. The summed E-state index contributed by atoms with van der Waals surface area (Å²) in [6.45, 7) is -0.319. The lowest BCUT2D eigenvalue weighted by Gasteiger charge is -2.55. The SMILES string of the molecule is O=C(CN1C(=O)[C@@H]2[C@H](C1=O)C1(Br)c3ccccc3C2(Br)c2ccccc21)OCc1ccccc1. The second-order valence-corrected chi connectivity index (χ2v) is 11.4. The fraction of sp³-hybridized carbons (Fsp3) is 0.222. The maximum Gasteiger partial charge on any atom is 0.326 e. The summed E-state index contributed by atoms with van der Waals surface area (Å²) < 4.78 is 3.64. The average molecular weight is 581 g/mol. The van der Waals surface area contributed by atoms with Crippen molar-refractivity contribution < 1.29 is 19.1 Å². The second kappa shape index (κ2) is 7.62. The van der Waals surface area contributed by atoms with E-state index in [1.165, 1.54) is 0 Å². The Labute approximate surface area is 213 Å². The van der Waals surface area contributed by atoms with Crippen molar-refractivity contribution in [1.29, 1.82) is 0 Å². The van der Waals surface area contributed by atoms with Crippen molar-refractivity contribution in [3.05, 3.63) is 107 Å². The number of likely N-dealkylation sites (tertiary alicyclic amines) is 1. The number of ether oxygens (including phenoxy) is 1. The second-order valence-electron chi connectivity index (χ2n) is 8.88. The number of hydrogen-bond acceptors (Lipinski definition) is 4. The van der Waals surface area contributed by atoms with Crippen molar-refractivity contribution >= 4 is 49.6 Å². The minimum atomic E-state index is -0.865. The van der Waals surface area contributed by atoms with E-state index in [4.69, 9.17) is 4.74 Å². The van der Waals surface area contributed by atoms with Crippen LogP contribution in [0.25, 0.3) is 0 Å². The van der Waals surface area contributed by atoms with Gasteiger partial charge in [-0.1, -0.05) is 111 Å². The highest BCUT2D eigenvalue weighted by Crippen LogP contribution is 2.70. The van der Waals surface area contributed by atoms with Crippen LogP contribution in [-0.4, -0.2) is 29.2 Å². The number of imide groups is 1. The van der Waals surface area contributed by atoms with Gasteiger partial charge < -0.3 is 4.74 Å². The Kier molecular flexibility index (Phi) is 4.87. The van der Waals surface area contributed by atoms with Crippen LogP contribution in [-0.2, 0) is 34.4 Å². The van der Waals surface area contributed by atoms with Crippen molar-refractivity contribution in [3.63, 3.8) is 0 Å². The van der Waals surface area contributed by atoms with E-state index in [0.29, 0.717) is 0 Å². The molecule has 3 aromatic carbocycles. The highest BCUT2D eigenvalue weighted by Gasteiger charge is 2.72. The molecule has 2 amide bonds. The molecule has 1 saturated heterocycles. The number of benzene rings is 3. The zero-order valence-corrected chi connectivity index (χ0v) is 21.1. The number of hydrogen-bond donors (Lipinski definition) is 0. The smallest absolute Gasteiger partial charge is 0.326 e. The maximum atomic E-state index is 13.8. The Balaban J connectivity index is 1.38. The van der Waals surface area contributed by atoms with Crippen LogP contribution in [0.1, 0.15) is 27.8 Å². The number of esters is 1. The molecule has 0 N–H and O–H groups in total. The molecule has 3 aliphatic carbocycles. The first-order valence-corrected chi connectivity index (χ1v) is 12.6. The summed E-state index contributed by atoms with van der Waals surface area (Å²) in [6, 6.07) is 25.1. The van der Waals surface area contributed by atoms with Gasteiger partial charge in [-0.05, 0) is 27.8 Å². The Hall–Kier alpha value is -2.77. The molecule has 5 nitrogen and oxygen atoms in total. The molecule has 0 aromatic heterocycles. The third-order valence-electron chi connectivity index (χ3n) is 7.21. The van der Waals surface area contributed by atoms with Gasteiger partial charge in [0, 0.05) is 0 Å². The quantitative estimate of drug-likeness (QED) is 0.256. The molecule has 7 rings (SSSR count). The van der Waals surface area contributed by atoms with Gasteiger partial charge in [-0.15, -0.1) is 0 Å². The van der Waals surface area contributed by atoms with Crippen molar-refractivity contribution in [2.45, 2.75) is 15.3 Å². The summed E-state index contributed by atoms with van der Waals surface area (Å²) >= 11 is 7.90. The number of rotatable bonds is 4. The van der Waals surface area contributed by atoms with Crippen LogP contribution in [0.5, 0.6) is 0 Å². The van der Waals surface area contributed by atoms with Crippen LogP contribution in [0.4, 0.5) is 0 Å². The Morgan fingerprint density at radius 3 is 1.59 bits per heavy atom. The van der Waals surface area contributed by atoms with Gasteiger partial charge in [-0.25, -0.2) is 0 Å². The molecule has 0 unspecified atom stereocenters. The first-order chi connectivity index (χ1) is 16.4. The molecule has 1 aliphatic heterocycles. The van der Waals surface area contributed by atoms with Crippen molar-refractivity contribution in [2.75, 3.05) is 6.54 Å². The highest BCUT2D eigenvalue weighted by atomic mass is 79.9. The molecule has 170 valence electrons. The summed E-state index contributed by atoms with van der Waals surface area (Å²) in [6.07, 6.45) is 0. The molecular weight excluding hydrogens is 562 g/mol. The van der Waals surface area contributed by atoms with Crippen molar-refractivity contribution in [3.8, 4) is 0 Å². The van der Waals surface area contributed by atoms with Crippen LogP contribution in [0.15, 0.2) is 78.9 Å². The molecule has 0 saturated carbocycles. The third kappa shape index (κ3) is 2.74. The predicted molar refractivity (Wildman–Crippen MR) is 132 cm³/mol. The number of carbonyl (C=O) groups excluding carboxylic acids is 3. The van der Waals surface area contributed by atoms with Gasteiger partial charge in [0.2, 0.25) is 11.8 Å². The van der Waals surface area contributed by atoms with Crippen molar-refractivity contribution in [1.82, 2.24) is 4.90 Å². The summed E-state index contributed by atoms with van der Waals surface area (Å²) in [7, 11) is 0. The van der Waals surface area contributed by atoms with Gasteiger partial charge in [-0.3, -0.25) is 19.3 Å². The maximum absolute atomic E-state index is 13.8. The lowest BCUT2D eigenvalue weighted by Crippen LogP contribution is -2.56. The van der Waals surface area contributed by atoms with E-state index in [1.54, 1.807) is 0 Å². The van der Waals surface area contributed by atoms with Crippen LogP contribution in [0.2, 0.25) is 0 Å². The zero-order valence-electron chi connectivity index (χ0n) is 17.9. The molecule has 1 fully saturated rings. The van der Waals surface area contributed by atoms with Gasteiger partial charge in [0.15, 0.2) is 0 Å². The molecule has 3 aromatic rings. The van der Waals surface area contributed by atoms with E-state index in [9.17, 15) is 14.4 Å². The fourth-order valence-corrected chi connectivity index (χ4v) is 8.10. The molecule has 4 aliphatic rings. The van der Waals surface area contributed by atoms with E-state index < -0.39 is 33.0 Å². The summed E-state index contributed by atoms with van der Waals surface area (Å²) in [5.74, 6) is -2.72. The Morgan fingerprint density at radius 2 is 1.15 bits per heavy atom. The molecule has 34 heavy (non-hydrogen) atoms. The van der Waals surface area contributed by atoms with Crippen LogP contribution >= 0.6 is 31.9 Å². The standard InChI is InChI=1S/C27H19Br2NO4/c28-26-17-10-4-5-11-18(17)27(29,20-13-7-6-12-19(20)26)23-22(26)24(32)30(25(23)33)14-21(31)34-15-16-8-2-1-3-9-16/h1-13,22-23H,14-15H2/t22-,23+,26?,27?. The predicted octanol–water partition coefficient (Wildman–Crippen LogP) is 4.64. The number of alkyl halides is 2.